The predicted octanol–water partition coefficient (Wildman–Crippen LogP) is 2.89. The summed E-state index contributed by atoms with van der Waals surface area (Å²) in [6, 6.07) is 7.41. The van der Waals surface area contributed by atoms with Crippen molar-refractivity contribution in [3.63, 3.8) is 0 Å². The first-order chi connectivity index (χ1) is 12.1. The molecule has 1 aliphatic carbocycles. The molecule has 1 aromatic rings. The van der Waals surface area contributed by atoms with Crippen LogP contribution in [0.2, 0.25) is 0 Å². The number of hydrogen-bond donors (Lipinski definition) is 3. The average Bonchev–Trinajstić information content (AvgIpc) is 2.62. The lowest BCUT2D eigenvalue weighted by Crippen LogP contribution is -2.41. The third-order valence-corrected chi connectivity index (χ3v) is 4.56. The van der Waals surface area contributed by atoms with E-state index in [1.165, 1.54) is 19.3 Å². The molecule has 0 bridgehead atoms. The van der Waals surface area contributed by atoms with E-state index in [0.717, 1.165) is 24.2 Å². The summed E-state index contributed by atoms with van der Waals surface area (Å²) in [7, 11) is 1.61. The third kappa shape index (κ3) is 6.29. The zero-order valence-electron chi connectivity index (χ0n) is 15.1. The second-order valence-electron chi connectivity index (χ2n) is 6.52. The first-order valence-electron chi connectivity index (χ1n) is 9.06. The quantitative estimate of drug-likeness (QED) is 0.709. The van der Waals surface area contributed by atoms with Gasteiger partial charge >= 0.3 is 6.03 Å². The molecule has 6 nitrogen and oxygen atoms in total. The van der Waals surface area contributed by atoms with Crippen LogP contribution >= 0.6 is 0 Å². The number of amides is 3. The van der Waals surface area contributed by atoms with Gasteiger partial charge in [-0.05, 0) is 25.8 Å². The Labute approximate surface area is 149 Å². The highest BCUT2D eigenvalue weighted by Gasteiger charge is 2.16. The van der Waals surface area contributed by atoms with Crippen LogP contribution in [0.5, 0.6) is 5.75 Å². The maximum atomic E-state index is 12.0. The molecule has 0 heterocycles. The van der Waals surface area contributed by atoms with Crippen molar-refractivity contribution in [1.82, 2.24) is 16.0 Å². The third-order valence-electron chi connectivity index (χ3n) is 4.56. The highest BCUT2D eigenvalue weighted by molar-refractivity contribution is 5.78. The van der Waals surface area contributed by atoms with Crippen molar-refractivity contribution in [3.8, 4) is 5.75 Å². The zero-order valence-corrected chi connectivity index (χ0v) is 15.1. The van der Waals surface area contributed by atoms with Crippen molar-refractivity contribution >= 4 is 11.9 Å². The van der Waals surface area contributed by atoms with E-state index < -0.39 is 0 Å². The van der Waals surface area contributed by atoms with Crippen LogP contribution in [-0.2, 0) is 4.79 Å². The van der Waals surface area contributed by atoms with E-state index in [0.29, 0.717) is 19.0 Å². The summed E-state index contributed by atoms with van der Waals surface area (Å²) < 4.78 is 5.31. The van der Waals surface area contributed by atoms with Crippen LogP contribution in [0.1, 0.15) is 57.1 Å². The number of ether oxygens (including phenoxy) is 1. The lowest BCUT2D eigenvalue weighted by atomic mass is 9.95. The Morgan fingerprint density at radius 1 is 1.20 bits per heavy atom. The highest BCUT2D eigenvalue weighted by atomic mass is 16.5. The molecule has 6 heteroatoms. The molecule has 1 saturated carbocycles. The van der Waals surface area contributed by atoms with E-state index >= 15 is 0 Å². The molecule has 0 radical (unpaired) electrons. The number of rotatable bonds is 7. The number of hydrogen-bond acceptors (Lipinski definition) is 3. The Kier molecular flexibility index (Phi) is 7.57. The summed E-state index contributed by atoms with van der Waals surface area (Å²) in [5.41, 5.74) is 0.912. The predicted molar refractivity (Wildman–Crippen MR) is 97.6 cm³/mol. The monoisotopic (exact) mass is 347 g/mol. The lowest BCUT2D eigenvalue weighted by molar-refractivity contribution is -0.121. The largest absolute Gasteiger partial charge is 0.496 e. The Bertz CT molecular complexity index is 571. The molecule has 1 aromatic carbocycles. The SMILES string of the molecule is COc1ccccc1[C@H](C)NC(=O)NCCC(=O)NC1CCCCC1. The minimum atomic E-state index is -0.288. The second-order valence-corrected chi connectivity index (χ2v) is 6.52. The molecular weight excluding hydrogens is 318 g/mol. The van der Waals surface area contributed by atoms with Gasteiger partial charge < -0.3 is 20.7 Å². The fourth-order valence-electron chi connectivity index (χ4n) is 3.19. The maximum absolute atomic E-state index is 12.0. The fourth-order valence-corrected chi connectivity index (χ4v) is 3.19. The van der Waals surface area contributed by atoms with Gasteiger partial charge in [-0.15, -0.1) is 0 Å². The van der Waals surface area contributed by atoms with Gasteiger partial charge in [0.25, 0.3) is 0 Å². The zero-order chi connectivity index (χ0) is 18.1. The molecule has 1 aliphatic rings. The minimum Gasteiger partial charge on any atom is -0.496 e. The topological polar surface area (TPSA) is 79.5 Å². The van der Waals surface area contributed by atoms with Gasteiger partial charge in [0.05, 0.1) is 13.2 Å². The first-order valence-corrected chi connectivity index (χ1v) is 9.06. The van der Waals surface area contributed by atoms with Crippen LogP contribution in [0.25, 0.3) is 0 Å². The lowest BCUT2D eigenvalue weighted by Gasteiger charge is -2.22. The van der Waals surface area contributed by atoms with Crippen LogP contribution in [0.15, 0.2) is 24.3 Å². The normalized spacial score (nSPS) is 15.9. The Morgan fingerprint density at radius 3 is 2.64 bits per heavy atom. The average molecular weight is 347 g/mol. The van der Waals surface area contributed by atoms with Crippen LogP contribution in [0, 0.1) is 0 Å². The molecule has 0 unspecified atom stereocenters. The molecule has 25 heavy (non-hydrogen) atoms. The molecule has 0 aliphatic heterocycles. The van der Waals surface area contributed by atoms with Crippen LogP contribution in [-0.4, -0.2) is 31.6 Å². The van der Waals surface area contributed by atoms with Crippen molar-refractivity contribution in [3.05, 3.63) is 29.8 Å². The molecule has 3 N–H and O–H groups in total. The van der Waals surface area contributed by atoms with Gasteiger partial charge in [-0.3, -0.25) is 4.79 Å². The fraction of sp³-hybridized carbons (Fsp3) is 0.579. The van der Waals surface area contributed by atoms with Crippen LogP contribution in [0.3, 0.4) is 0 Å². The summed E-state index contributed by atoms with van der Waals surface area (Å²) in [4.78, 5) is 23.9. The van der Waals surface area contributed by atoms with Crippen molar-refractivity contribution in [1.29, 1.82) is 0 Å². The van der Waals surface area contributed by atoms with Crippen molar-refractivity contribution in [2.24, 2.45) is 0 Å². The number of carbonyl (C=O) groups excluding carboxylic acids is 2. The number of para-hydroxylation sites is 1. The molecule has 1 fully saturated rings. The molecule has 0 saturated heterocycles. The molecule has 0 spiro atoms. The molecule has 2 rings (SSSR count). The summed E-state index contributed by atoms with van der Waals surface area (Å²) in [6.45, 7) is 2.22. The van der Waals surface area contributed by atoms with E-state index in [1.807, 2.05) is 31.2 Å². The first kappa shape index (κ1) is 19.1. The number of urea groups is 1. The Morgan fingerprint density at radius 2 is 1.92 bits per heavy atom. The Hall–Kier alpha value is -2.24. The van der Waals surface area contributed by atoms with E-state index in [1.54, 1.807) is 7.11 Å². The number of carbonyl (C=O) groups is 2. The highest BCUT2D eigenvalue weighted by Crippen LogP contribution is 2.24. The van der Waals surface area contributed by atoms with Gasteiger partial charge in [-0.25, -0.2) is 4.79 Å². The van der Waals surface area contributed by atoms with Crippen molar-refractivity contribution < 1.29 is 14.3 Å². The van der Waals surface area contributed by atoms with Crippen LogP contribution in [0.4, 0.5) is 4.79 Å². The van der Waals surface area contributed by atoms with Crippen molar-refractivity contribution in [2.75, 3.05) is 13.7 Å². The molecular formula is C19H29N3O3. The van der Waals surface area contributed by atoms with Gasteiger partial charge in [0, 0.05) is 24.6 Å². The van der Waals surface area contributed by atoms with Crippen LogP contribution < -0.4 is 20.7 Å². The number of nitrogens with one attached hydrogen (secondary N) is 3. The smallest absolute Gasteiger partial charge is 0.315 e. The van der Waals surface area contributed by atoms with Gasteiger partial charge in [-0.1, -0.05) is 37.5 Å². The minimum absolute atomic E-state index is 0.00461. The van der Waals surface area contributed by atoms with Crippen molar-refractivity contribution in [2.45, 2.75) is 57.5 Å². The maximum Gasteiger partial charge on any atom is 0.315 e. The Balaban J connectivity index is 1.68. The summed E-state index contributed by atoms with van der Waals surface area (Å²) >= 11 is 0. The van der Waals surface area contributed by atoms with Gasteiger partial charge in [0.15, 0.2) is 0 Å². The summed E-state index contributed by atoms with van der Waals surface area (Å²) in [5, 5.41) is 8.65. The standard InChI is InChI=1S/C19H29N3O3/c1-14(16-10-6-7-11-17(16)25-2)21-19(24)20-13-12-18(23)22-15-8-4-3-5-9-15/h6-7,10-11,14-15H,3-5,8-9,12-13H2,1-2H3,(H,22,23)(H2,20,21,24)/t14-/m0/s1. The van der Waals surface area contributed by atoms with Gasteiger partial charge in [-0.2, -0.15) is 0 Å². The van der Waals surface area contributed by atoms with E-state index in [9.17, 15) is 9.59 Å². The molecule has 3 amide bonds. The summed E-state index contributed by atoms with van der Waals surface area (Å²) in [5.74, 6) is 0.743. The second kappa shape index (κ2) is 9.91. The molecule has 138 valence electrons. The number of benzene rings is 1. The van der Waals surface area contributed by atoms with Gasteiger partial charge in [0.2, 0.25) is 5.91 Å². The summed E-state index contributed by atoms with van der Waals surface area (Å²) in [6.07, 6.45) is 6.07. The molecule has 0 aromatic heterocycles. The van der Waals surface area contributed by atoms with E-state index in [4.69, 9.17) is 4.74 Å². The van der Waals surface area contributed by atoms with Gasteiger partial charge in [0.1, 0.15) is 5.75 Å². The number of methoxy groups -OCH3 is 1. The van der Waals surface area contributed by atoms with E-state index in [2.05, 4.69) is 16.0 Å². The van der Waals surface area contributed by atoms with E-state index in [-0.39, 0.29) is 18.0 Å². The molecule has 1 atom stereocenters.